The van der Waals surface area contributed by atoms with Crippen molar-refractivity contribution in [3.8, 4) is 5.75 Å². The van der Waals surface area contributed by atoms with E-state index in [-0.39, 0.29) is 17.6 Å². The van der Waals surface area contributed by atoms with Crippen LogP contribution in [0.4, 0.5) is 5.69 Å². The van der Waals surface area contributed by atoms with E-state index in [0.717, 1.165) is 41.7 Å². The van der Waals surface area contributed by atoms with Crippen LogP contribution in [0.25, 0.3) is 10.9 Å². The van der Waals surface area contributed by atoms with Gasteiger partial charge in [-0.05, 0) is 31.0 Å². The van der Waals surface area contributed by atoms with E-state index in [1.54, 1.807) is 13.2 Å². The first kappa shape index (κ1) is 22.3. The van der Waals surface area contributed by atoms with Gasteiger partial charge in [-0.2, -0.15) is 0 Å². The predicted molar refractivity (Wildman–Crippen MR) is 129 cm³/mol. The number of rotatable bonds is 7. The maximum absolute atomic E-state index is 12.9. The molecular formula is C25H29N3O3S. The number of thioether (sulfide) groups is 1. The number of ether oxygens (including phenoxy) is 1. The molecule has 1 aliphatic heterocycles. The van der Waals surface area contributed by atoms with E-state index < -0.39 is 0 Å². The molecule has 0 saturated carbocycles. The lowest BCUT2D eigenvalue weighted by atomic mass is 10.2. The molecule has 1 saturated heterocycles. The van der Waals surface area contributed by atoms with Crippen LogP contribution < -0.4 is 10.1 Å². The summed E-state index contributed by atoms with van der Waals surface area (Å²) in [6.07, 6.45) is 6.58. The molecule has 2 heterocycles. The summed E-state index contributed by atoms with van der Waals surface area (Å²) >= 11 is 1.49. The van der Waals surface area contributed by atoms with Crippen LogP contribution in [-0.2, 0) is 16.1 Å². The second-order valence-corrected chi connectivity index (χ2v) is 9.02. The fourth-order valence-electron chi connectivity index (χ4n) is 4.07. The zero-order chi connectivity index (χ0) is 22.3. The zero-order valence-corrected chi connectivity index (χ0v) is 19.2. The second kappa shape index (κ2) is 10.6. The van der Waals surface area contributed by atoms with E-state index in [0.29, 0.717) is 18.0 Å². The average molecular weight is 452 g/mol. The molecule has 0 aliphatic carbocycles. The molecule has 1 fully saturated rings. The van der Waals surface area contributed by atoms with Crippen molar-refractivity contribution in [2.75, 3.05) is 31.3 Å². The van der Waals surface area contributed by atoms with Crippen LogP contribution in [0.2, 0.25) is 0 Å². The van der Waals surface area contributed by atoms with Crippen LogP contribution in [-0.4, -0.2) is 47.2 Å². The largest absolute Gasteiger partial charge is 0.497 e. The molecular weight excluding hydrogens is 422 g/mol. The van der Waals surface area contributed by atoms with Crippen LogP contribution in [0.3, 0.4) is 0 Å². The number of fused-ring (bicyclic) bond motifs is 1. The first-order chi connectivity index (χ1) is 15.6. The van der Waals surface area contributed by atoms with E-state index in [4.69, 9.17) is 4.74 Å². The molecule has 0 unspecified atom stereocenters. The molecule has 2 aromatic carbocycles. The van der Waals surface area contributed by atoms with Gasteiger partial charge < -0.3 is 19.5 Å². The average Bonchev–Trinajstić information content (AvgIpc) is 2.97. The van der Waals surface area contributed by atoms with E-state index in [1.807, 2.05) is 58.1 Å². The SMILES string of the molecule is COc1cccc(NC(=O)CSc2cn(CC(=O)N3CCCCCC3)c3ccccc23)c1. The Morgan fingerprint density at radius 1 is 1.03 bits per heavy atom. The quantitative estimate of drug-likeness (QED) is 0.525. The molecule has 0 atom stereocenters. The number of hydrogen-bond acceptors (Lipinski definition) is 4. The first-order valence-electron chi connectivity index (χ1n) is 11.1. The highest BCUT2D eigenvalue weighted by Gasteiger charge is 2.18. The lowest BCUT2D eigenvalue weighted by Crippen LogP contribution is -2.34. The molecule has 1 aliphatic rings. The van der Waals surface area contributed by atoms with Gasteiger partial charge >= 0.3 is 0 Å². The van der Waals surface area contributed by atoms with Gasteiger partial charge in [-0.25, -0.2) is 0 Å². The Labute approximate surface area is 192 Å². The number of methoxy groups -OCH3 is 1. The number of benzene rings is 2. The fraction of sp³-hybridized carbons (Fsp3) is 0.360. The summed E-state index contributed by atoms with van der Waals surface area (Å²) in [5.41, 5.74) is 1.73. The third kappa shape index (κ3) is 5.46. The van der Waals surface area contributed by atoms with Crippen molar-refractivity contribution >= 4 is 40.2 Å². The fourth-order valence-corrected chi connectivity index (χ4v) is 4.95. The van der Waals surface area contributed by atoms with E-state index >= 15 is 0 Å². The Hall–Kier alpha value is -2.93. The second-order valence-electron chi connectivity index (χ2n) is 8.00. The van der Waals surface area contributed by atoms with Gasteiger partial charge in [0.15, 0.2) is 0 Å². The van der Waals surface area contributed by atoms with Gasteiger partial charge in [-0.15, -0.1) is 11.8 Å². The maximum Gasteiger partial charge on any atom is 0.242 e. The number of hydrogen-bond donors (Lipinski definition) is 1. The van der Waals surface area contributed by atoms with Crippen molar-refractivity contribution in [3.63, 3.8) is 0 Å². The molecule has 1 N–H and O–H groups in total. The number of nitrogens with one attached hydrogen (secondary N) is 1. The normalized spacial score (nSPS) is 14.2. The third-order valence-corrected chi connectivity index (χ3v) is 6.77. The Morgan fingerprint density at radius 2 is 1.81 bits per heavy atom. The third-order valence-electron chi connectivity index (χ3n) is 5.73. The lowest BCUT2D eigenvalue weighted by molar-refractivity contribution is -0.131. The molecule has 168 valence electrons. The van der Waals surface area contributed by atoms with Gasteiger partial charge in [0.1, 0.15) is 12.3 Å². The standard InChI is InChI=1S/C25H29N3O3S/c1-31-20-10-8-9-19(15-20)26-24(29)18-32-23-16-28(22-12-5-4-11-21(22)23)17-25(30)27-13-6-2-3-7-14-27/h4-5,8-12,15-16H,2-3,6-7,13-14,17-18H2,1H3,(H,26,29). The van der Waals surface area contributed by atoms with Crippen molar-refractivity contribution < 1.29 is 14.3 Å². The lowest BCUT2D eigenvalue weighted by Gasteiger charge is -2.20. The minimum Gasteiger partial charge on any atom is -0.497 e. The summed E-state index contributed by atoms with van der Waals surface area (Å²) < 4.78 is 7.23. The minimum absolute atomic E-state index is 0.0827. The minimum atomic E-state index is -0.0827. The van der Waals surface area contributed by atoms with E-state index in [1.165, 1.54) is 24.6 Å². The zero-order valence-electron chi connectivity index (χ0n) is 18.4. The molecule has 4 rings (SSSR count). The summed E-state index contributed by atoms with van der Waals surface area (Å²) in [6, 6.07) is 15.4. The van der Waals surface area contributed by atoms with E-state index in [2.05, 4.69) is 5.32 Å². The summed E-state index contributed by atoms with van der Waals surface area (Å²) in [4.78, 5) is 28.4. The first-order valence-corrected chi connectivity index (χ1v) is 12.0. The molecule has 0 spiro atoms. The van der Waals surface area contributed by atoms with Crippen LogP contribution in [0.15, 0.2) is 59.6 Å². The Bertz CT molecular complexity index is 1090. The van der Waals surface area contributed by atoms with Crippen molar-refractivity contribution in [2.45, 2.75) is 37.1 Å². The molecule has 0 bridgehead atoms. The van der Waals surface area contributed by atoms with Crippen molar-refractivity contribution in [2.24, 2.45) is 0 Å². The Morgan fingerprint density at radius 3 is 2.59 bits per heavy atom. The molecule has 1 aromatic heterocycles. The Balaban J connectivity index is 1.43. The number of para-hydroxylation sites is 1. The number of likely N-dealkylation sites (tertiary alicyclic amines) is 1. The smallest absolute Gasteiger partial charge is 0.242 e. The number of aromatic nitrogens is 1. The highest BCUT2D eigenvalue weighted by Crippen LogP contribution is 2.30. The molecule has 0 radical (unpaired) electrons. The molecule has 6 nitrogen and oxygen atoms in total. The van der Waals surface area contributed by atoms with Gasteiger partial charge in [0.05, 0.1) is 12.9 Å². The predicted octanol–water partition coefficient (Wildman–Crippen LogP) is 4.78. The van der Waals surface area contributed by atoms with Crippen LogP contribution in [0.1, 0.15) is 25.7 Å². The summed E-state index contributed by atoms with van der Waals surface area (Å²) in [5.74, 6) is 1.07. The number of amides is 2. The molecule has 7 heteroatoms. The van der Waals surface area contributed by atoms with Crippen LogP contribution in [0, 0.1) is 0 Å². The van der Waals surface area contributed by atoms with Crippen LogP contribution in [0.5, 0.6) is 5.75 Å². The Kier molecular flexibility index (Phi) is 7.37. The van der Waals surface area contributed by atoms with Crippen molar-refractivity contribution in [1.29, 1.82) is 0 Å². The topological polar surface area (TPSA) is 63.6 Å². The van der Waals surface area contributed by atoms with Gasteiger partial charge in [-0.1, -0.05) is 37.1 Å². The molecule has 3 aromatic rings. The highest BCUT2D eigenvalue weighted by molar-refractivity contribution is 8.00. The van der Waals surface area contributed by atoms with Crippen molar-refractivity contribution in [3.05, 3.63) is 54.7 Å². The summed E-state index contributed by atoms with van der Waals surface area (Å²) in [6.45, 7) is 2.03. The van der Waals surface area contributed by atoms with Gasteiger partial charge in [0.25, 0.3) is 0 Å². The highest BCUT2D eigenvalue weighted by atomic mass is 32.2. The van der Waals surface area contributed by atoms with Gasteiger partial charge in [0, 0.05) is 46.8 Å². The molecule has 32 heavy (non-hydrogen) atoms. The number of nitrogens with zero attached hydrogens (tertiary/aromatic N) is 2. The monoisotopic (exact) mass is 451 g/mol. The van der Waals surface area contributed by atoms with E-state index in [9.17, 15) is 9.59 Å². The van der Waals surface area contributed by atoms with Gasteiger partial charge in [0.2, 0.25) is 11.8 Å². The number of carbonyl (C=O) groups excluding carboxylic acids is 2. The summed E-state index contributed by atoms with van der Waals surface area (Å²) in [7, 11) is 1.60. The summed E-state index contributed by atoms with van der Waals surface area (Å²) in [5, 5.41) is 3.98. The maximum atomic E-state index is 12.9. The van der Waals surface area contributed by atoms with Gasteiger partial charge in [-0.3, -0.25) is 9.59 Å². The van der Waals surface area contributed by atoms with Crippen molar-refractivity contribution in [1.82, 2.24) is 9.47 Å². The molecule has 2 amide bonds. The van der Waals surface area contributed by atoms with Crippen LogP contribution >= 0.6 is 11.8 Å². The number of anilines is 1. The number of carbonyl (C=O) groups is 2.